The molecule has 0 saturated carbocycles. The number of amides is 1. The first-order chi connectivity index (χ1) is 21.5. The summed E-state index contributed by atoms with van der Waals surface area (Å²) in [6.45, 7) is 3.73. The zero-order valence-electron chi connectivity index (χ0n) is 23.4. The molecule has 0 bridgehead atoms. The summed E-state index contributed by atoms with van der Waals surface area (Å²) in [7, 11) is -3.83. The number of hydrogen-bond donors (Lipinski definition) is 4. The van der Waals surface area contributed by atoms with Crippen LogP contribution in [0.1, 0.15) is 0 Å². The van der Waals surface area contributed by atoms with E-state index in [1.54, 1.807) is 60.7 Å². The van der Waals surface area contributed by atoms with Gasteiger partial charge in [-0.05, 0) is 103 Å². The van der Waals surface area contributed by atoms with Crippen LogP contribution in [0.4, 0.5) is 11.4 Å². The number of anilines is 2. The quantitative estimate of drug-likeness (QED) is 0.0983. The van der Waals surface area contributed by atoms with Crippen molar-refractivity contribution in [3.63, 3.8) is 0 Å². The predicted molar refractivity (Wildman–Crippen MR) is 166 cm³/mol. The minimum Gasteiger partial charge on any atom is -0.478 e. The molecule has 12 heteroatoms. The van der Waals surface area contributed by atoms with Gasteiger partial charge in [-0.15, -0.1) is 0 Å². The highest BCUT2D eigenvalue weighted by Crippen LogP contribution is 2.29. The molecule has 0 aliphatic carbocycles. The minimum absolute atomic E-state index is 0.0684. The number of benzene rings is 4. The van der Waals surface area contributed by atoms with Gasteiger partial charge in [-0.1, -0.05) is 6.58 Å². The molecular weight excluding hydrogens is 600 g/mol. The molecule has 0 atom stereocenters. The van der Waals surface area contributed by atoms with Gasteiger partial charge in [-0.3, -0.25) is 4.79 Å². The third kappa shape index (κ3) is 9.43. The van der Waals surface area contributed by atoms with Crippen molar-refractivity contribution in [3.8, 4) is 23.0 Å². The molecule has 4 aromatic carbocycles. The number of sulfone groups is 1. The molecule has 0 aliphatic rings. The zero-order chi connectivity index (χ0) is 32.4. The number of ether oxygens (including phenoxy) is 2. The molecule has 228 valence electrons. The third-order valence-electron chi connectivity index (χ3n) is 5.82. The Bertz CT molecular complexity index is 1730. The number of hydrogen-bond acceptors (Lipinski definition) is 8. The summed E-state index contributed by atoms with van der Waals surface area (Å²) < 4.78 is 37.9. The fourth-order valence-electron chi connectivity index (χ4n) is 3.72. The normalized spacial score (nSPS) is 11.2. The number of allylic oxidation sites excluding steroid dienone is 1. The molecule has 0 radical (unpaired) electrons. The molecule has 4 aromatic rings. The smallest absolute Gasteiger partial charge is 0.328 e. The van der Waals surface area contributed by atoms with E-state index in [1.807, 2.05) is 0 Å². The van der Waals surface area contributed by atoms with Gasteiger partial charge in [0.1, 0.15) is 23.0 Å². The highest BCUT2D eigenvalue weighted by Gasteiger charge is 2.18. The van der Waals surface area contributed by atoms with Crippen LogP contribution in [-0.2, 0) is 24.2 Å². The number of nitrogens with one attached hydrogen (secondary N) is 2. The van der Waals surface area contributed by atoms with E-state index in [2.05, 4.69) is 17.2 Å². The maximum absolute atomic E-state index is 13.2. The number of carboxylic acid groups (broad SMARTS) is 2. The maximum Gasteiger partial charge on any atom is 0.328 e. The van der Waals surface area contributed by atoms with E-state index in [4.69, 9.17) is 19.7 Å². The van der Waals surface area contributed by atoms with E-state index in [1.165, 1.54) is 42.5 Å². The van der Waals surface area contributed by atoms with Crippen molar-refractivity contribution in [1.82, 2.24) is 0 Å². The Balaban J connectivity index is 1.34. The average molecular weight is 627 g/mol. The number of carbonyl (C=O) groups excluding carboxylic acids is 1. The van der Waals surface area contributed by atoms with Crippen molar-refractivity contribution in [3.05, 3.63) is 134 Å². The van der Waals surface area contributed by atoms with Gasteiger partial charge in [0.25, 0.3) is 0 Å². The average Bonchev–Trinajstić information content (AvgIpc) is 3.01. The molecule has 0 saturated heterocycles. The first kappa shape index (κ1) is 31.8. The van der Waals surface area contributed by atoms with Gasteiger partial charge in [0.2, 0.25) is 15.7 Å². The molecule has 45 heavy (non-hydrogen) atoms. The Morgan fingerprint density at radius 1 is 0.556 bits per heavy atom. The van der Waals surface area contributed by atoms with Crippen molar-refractivity contribution >= 4 is 39.1 Å². The van der Waals surface area contributed by atoms with Crippen molar-refractivity contribution in [2.45, 2.75) is 9.79 Å². The van der Waals surface area contributed by atoms with Crippen LogP contribution in [0.5, 0.6) is 23.0 Å². The summed E-state index contributed by atoms with van der Waals surface area (Å²) in [5.41, 5.74) is 1.50. The first-order valence-corrected chi connectivity index (χ1v) is 14.6. The SMILES string of the molecule is C=C(/C=C\C(=O)O)Nc1ccc(Oc2ccc(S(=O)(=O)c3ccc(Oc4ccc(NC(=O)/C=C\C(=O)O)cc4)cc3)cc2)cc1. The summed E-state index contributed by atoms with van der Waals surface area (Å²) in [5, 5.41) is 22.8. The fourth-order valence-corrected chi connectivity index (χ4v) is 4.99. The Kier molecular flexibility index (Phi) is 10.1. The Hall–Kier alpha value is -6.14. The van der Waals surface area contributed by atoms with Gasteiger partial charge in [0, 0.05) is 35.3 Å². The lowest BCUT2D eigenvalue weighted by Gasteiger charge is -2.10. The summed E-state index contributed by atoms with van der Waals surface area (Å²) in [6, 6.07) is 25.1. The lowest BCUT2D eigenvalue weighted by molar-refractivity contribution is -0.132. The Morgan fingerprint density at radius 3 is 1.31 bits per heavy atom. The second-order valence-corrected chi connectivity index (χ2v) is 11.1. The fraction of sp³-hybridized carbons (Fsp3) is 0. The maximum atomic E-state index is 13.2. The van der Waals surface area contributed by atoms with Gasteiger partial charge in [-0.25, -0.2) is 18.0 Å². The van der Waals surface area contributed by atoms with E-state index < -0.39 is 27.7 Å². The molecule has 0 spiro atoms. The van der Waals surface area contributed by atoms with Crippen LogP contribution in [-0.4, -0.2) is 36.5 Å². The summed E-state index contributed by atoms with van der Waals surface area (Å²) in [6.07, 6.45) is 3.94. The second kappa shape index (κ2) is 14.4. The molecule has 0 aliphatic heterocycles. The van der Waals surface area contributed by atoms with E-state index in [0.717, 1.165) is 18.2 Å². The van der Waals surface area contributed by atoms with E-state index in [-0.39, 0.29) is 9.79 Å². The van der Waals surface area contributed by atoms with Crippen LogP contribution in [0.2, 0.25) is 0 Å². The highest BCUT2D eigenvalue weighted by molar-refractivity contribution is 7.91. The van der Waals surface area contributed by atoms with E-state index in [0.29, 0.717) is 40.1 Å². The minimum atomic E-state index is -3.83. The predicted octanol–water partition coefficient (Wildman–Crippen LogP) is 6.25. The summed E-state index contributed by atoms with van der Waals surface area (Å²) >= 11 is 0. The van der Waals surface area contributed by atoms with Crippen LogP contribution in [0, 0.1) is 0 Å². The molecule has 0 fully saturated rings. The first-order valence-electron chi connectivity index (χ1n) is 13.1. The van der Waals surface area contributed by atoms with Crippen molar-refractivity contribution < 1.29 is 42.5 Å². The van der Waals surface area contributed by atoms with Crippen LogP contribution in [0.3, 0.4) is 0 Å². The molecule has 4 N–H and O–H groups in total. The van der Waals surface area contributed by atoms with Gasteiger partial charge in [-0.2, -0.15) is 0 Å². The van der Waals surface area contributed by atoms with Crippen LogP contribution in [0.15, 0.2) is 143 Å². The largest absolute Gasteiger partial charge is 0.478 e. The molecule has 4 rings (SSSR count). The van der Waals surface area contributed by atoms with Crippen LogP contribution < -0.4 is 20.1 Å². The van der Waals surface area contributed by atoms with Crippen molar-refractivity contribution in [1.29, 1.82) is 0 Å². The van der Waals surface area contributed by atoms with Gasteiger partial charge in [0.15, 0.2) is 0 Å². The van der Waals surface area contributed by atoms with E-state index >= 15 is 0 Å². The van der Waals surface area contributed by atoms with Crippen LogP contribution >= 0.6 is 0 Å². The topological polar surface area (TPSA) is 168 Å². The summed E-state index contributed by atoms with van der Waals surface area (Å²) in [5.74, 6) is -1.15. The molecular formula is C33H26N2O9S. The van der Waals surface area contributed by atoms with Gasteiger partial charge in [0.05, 0.1) is 9.79 Å². The number of aliphatic carboxylic acids is 2. The Labute approximate surface area is 258 Å². The number of carbonyl (C=O) groups is 3. The second-order valence-electron chi connectivity index (χ2n) is 9.18. The van der Waals surface area contributed by atoms with Gasteiger partial charge < -0.3 is 30.3 Å². The van der Waals surface area contributed by atoms with Crippen LogP contribution in [0.25, 0.3) is 0 Å². The number of carboxylic acids is 2. The lowest BCUT2D eigenvalue weighted by Crippen LogP contribution is -2.08. The molecule has 0 aromatic heterocycles. The lowest BCUT2D eigenvalue weighted by atomic mass is 10.3. The molecule has 0 heterocycles. The van der Waals surface area contributed by atoms with Crippen molar-refractivity contribution in [2.75, 3.05) is 10.6 Å². The summed E-state index contributed by atoms with van der Waals surface area (Å²) in [4.78, 5) is 33.0. The molecule has 0 unspecified atom stereocenters. The third-order valence-corrected chi connectivity index (χ3v) is 7.61. The zero-order valence-corrected chi connectivity index (χ0v) is 24.2. The Morgan fingerprint density at radius 2 is 0.911 bits per heavy atom. The standard InChI is InChI=1S/C33H26N2O9S/c1-22(2-20-32(37)38)34-23-3-7-25(8-4-23)43-27-11-15-29(16-12-27)45(41,42)30-17-13-28(14-18-30)44-26-9-5-24(6-10-26)35-31(36)19-21-33(39)40/h2-21,34H,1H2,(H,35,36)(H,37,38)(H,39,40)/b20-2-,21-19-. The monoisotopic (exact) mass is 626 g/mol. The molecule has 11 nitrogen and oxygen atoms in total. The van der Waals surface area contributed by atoms with Gasteiger partial charge >= 0.3 is 11.9 Å². The van der Waals surface area contributed by atoms with E-state index in [9.17, 15) is 22.8 Å². The molecule has 1 amide bonds. The highest BCUT2D eigenvalue weighted by atomic mass is 32.2. The number of rotatable bonds is 13. The van der Waals surface area contributed by atoms with Crippen molar-refractivity contribution in [2.24, 2.45) is 0 Å².